The van der Waals surface area contributed by atoms with Crippen molar-refractivity contribution >= 4 is 0 Å². The summed E-state index contributed by atoms with van der Waals surface area (Å²) < 4.78 is 17.4. The van der Waals surface area contributed by atoms with Gasteiger partial charge in [-0.2, -0.15) is 0 Å². The number of nitrogens with zero attached hydrogens (tertiary/aromatic N) is 1. The van der Waals surface area contributed by atoms with Crippen LogP contribution in [0.1, 0.15) is 65.7 Å². The SMILES string of the molecule is CCCC[N+](CCCC)(CCCC)CCCOCCOCCOC. The van der Waals surface area contributed by atoms with E-state index < -0.39 is 0 Å². The molecule has 0 heterocycles. The van der Waals surface area contributed by atoms with E-state index >= 15 is 0 Å². The Hall–Kier alpha value is -0.160. The van der Waals surface area contributed by atoms with Crippen molar-refractivity contribution in [1.82, 2.24) is 0 Å². The lowest BCUT2D eigenvalue weighted by Gasteiger charge is -2.39. The normalized spacial score (nSPS) is 12.0. The zero-order chi connectivity index (χ0) is 17.9. The summed E-state index contributed by atoms with van der Waals surface area (Å²) >= 11 is 0. The first-order valence-corrected chi connectivity index (χ1v) is 10.2. The topological polar surface area (TPSA) is 27.7 Å². The van der Waals surface area contributed by atoms with Crippen LogP contribution in [0.4, 0.5) is 0 Å². The summed E-state index contributed by atoms with van der Waals surface area (Å²) in [6.45, 7) is 15.8. The quantitative estimate of drug-likeness (QED) is 0.258. The average Bonchev–Trinajstić information content (AvgIpc) is 2.61. The summed E-state index contributed by atoms with van der Waals surface area (Å²) in [6, 6.07) is 0. The summed E-state index contributed by atoms with van der Waals surface area (Å²) in [5, 5.41) is 0. The van der Waals surface area contributed by atoms with Crippen molar-refractivity contribution in [2.45, 2.75) is 65.7 Å². The van der Waals surface area contributed by atoms with Gasteiger partial charge in [0, 0.05) is 13.5 Å². The zero-order valence-corrected chi connectivity index (χ0v) is 17.0. The lowest BCUT2D eigenvalue weighted by Crippen LogP contribution is -2.51. The van der Waals surface area contributed by atoms with Gasteiger partial charge in [-0.1, -0.05) is 40.0 Å². The third kappa shape index (κ3) is 13.2. The molecule has 0 aliphatic heterocycles. The van der Waals surface area contributed by atoms with E-state index in [9.17, 15) is 0 Å². The lowest BCUT2D eigenvalue weighted by atomic mass is 10.1. The maximum atomic E-state index is 5.75. The molecule has 4 nitrogen and oxygen atoms in total. The third-order valence-corrected chi connectivity index (χ3v) is 4.68. The molecule has 0 unspecified atom stereocenters. The van der Waals surface area contributed by atoms with Crippen LogP contribution in [0.3, 0.4) is 0 Å². The lowest BCUT2D eigenvalue weighted by molar-refractivity contribution is -0.929. The fourth-order valence-corrected chi connectivity index (χ4v) is 3.12. The van der Waals surface area contributed by atoms with Crippen LogP contribution in [-0.4, -0.2) is 70.8 Å². The second kappa shape index (κ2) is 17.7. The molecular formula is C20H44NO3+. The Labute approximate surface area is 151 Å². The van der Waals surface area contributed by atoms with Crippen LogP contribution in [0.2, 0.25) is 0 Å². The first-order valence-electron chi connectivity index (χ1n) is 10.2. The van der Waals surface area contributed by atoms with E-state index in [-0.39, 0.29) is 0 Å². The highest BCUT2D eigenvalue weighted by molar-refractivity contribution is 4.50. The number of quaternary nitrogens is 1. The second-order valence-corrected chi connectivity index (χ2v) is 6.87. The maximum Gasteiger partial charge on any atom is 0.0808 e. The van der Waals surface area contributed by atoms with Gasteiger partial charge < -0.3 is 18.7 Å². The van der Waals surface area contributed by atoms with Crippen LogP contribution < -0.4 is 0 Å². The molecule has 0 bridgehead atoms. The van der Waals surface area contributed by atoms with Gasteiger partial charge in [0.25, 0.3) is 0 Å². The first kappa shape index (κ1) is 23.8. The van der Waals surface area contributed by atoms with Gasteiger partial charge in [-0.25, -0.2) is 0 Å². The summed E-state index contributed by atoms with van der Waals surface area (Å²) in [4.78, 5) is 0. The molecule has 0 rings (SSSR count). The highest BCUT2D eigenvalue weighted by Crippen LogP contribution is 2.16. The highest BCUT2D eigenvalue weighted by atomic mass is 16.5. The Kier molecular flexibility index (Phi) is 17.5. The van der Waals surface area contributed by atoms with Crippen LogP contribution in [0.25, 0.3) is 0 Å². The van der Waals surface area contributed by atoms with Crippen molar-refractivity contribution in [3.63, 3.8) is 0 Å². The van der Waals surface area contributed by atoms with Crippen molar-refractivity contribution < 1.29 is 18.7 Å². The number of methoxy groups -OCH3 is 1. The molecule has 146 valence electrons. The molecule has 0 aromatic heterocycles. The Morgan fingerprint density at radius 1 is 0.542 bits per heavy atom. The molecule has 24 heavy (non-hydrogen) atoms. The summed E-state index contributed by atoms with van der Waals surface area (Å²) in [5.74, 6) is 0. The van der Waals surface area contributed by atoms with Gasteiger partial charge in [0.2, 0.25) is 0 Å². The molecule has 0 spiro atoms. The number of rotatable bonds is 19. The Morgan fingerprint density at radius 3 is 1.42 bits per heavy atom. The smallest absolute Gasteiger partial charge is 0.0808 e. The Bertz CT molecular complexity index is 227. The van der Waals surface area contributed by atoms with E-state index in [2.05, 4.69) is 20.8 Å². The standard InChI is InChI=1S/C20H44NO3/c1-5-8-12-21(13-9-6-2,14-10-7-3)15-11-16-23-19-20-24-18-17-22-4/h5-20H2,1-4H3/q+1. The van der Waals surface area contributed by atoms with Crippen molar-refractivity contribution in [2.24, 2.45) is 0 Å². The summed E-state index contributed by atoms with van der Waals surface area (Å²) in [7, 11) is 1.69. The minimum Gasteiger partial charge on any atom is -0.382 e. The van der Waals surface area contributed by atoms with Crippen LogP contribution in [-0.2, 0) is 14.2 Å². The maximum absolute atomic E-state index is 5.75. The van der Waals surface area contributed by atoms with E-state index in [1.807, 2.05) is 0 Å². The van der Waals surface area contributed by atoms with Gasteiger partial charge in [0.1, 0.15) is 0 Å². The number of hydrogen-bond donors (Lipinski definition) is 0. The van der Waals surface area contributed by atoms with E-state index in [4.69, 9.17) is 14.2 Å². The van der Waals surface area contributed by atoms with Gasteiger partial charge >= 0.3 is 0 Å². The predicted molar refractivity (Wildman–Crippen MR) is 103 cm³/mol. The van der Waals surface area contributed by atoms with Crippen molar-refractivity contribution in [2.75, 3.05) is 66.3 Å². The fourth-order valence-electron chi connectivity index (χ4n) is 3.12. The first-order chi connectivity index (χ1) is 11.7. The zero-order valence-electron chi connectivity index (χ0n) is 17.0. The van der Waals surface area contributed by atoms with Crippen LogP contribution in [0.15, 0.2) is 0 Å². The average molecular weight is 347 g/mol. The molecule has 0 aliphatic carbocycles. The Morgan fingerprint density at radius 2 is 0.958 bits per heavy atom. The van der Waals surface area contributed by atoms with Gasteiger partial charge in [-0.05, 0) is 19.3 Å². The predicted octanol–water partition coefficient (Wildman–Crippen LogP) is 4.27. The highest BCUT2D eigenvalue weighted by Gasteiger charge is 2.25. The number of ether oxygens (including phenoxy) is 3. The fraction of sp³-hybridized carbons (Fsp3) is 1.00. The molecule has 0 amide bonds. The molecule has 0 aromatic rings. The van der Waals surface area contributed by atoms with Crippen LogP contribution >= 0.6 is 0 Å². The van der Waals surface area contributed by atoms with Gasteiger partial charge in [0.15, 0.2) is 0 Å². The molecule has 0 aromatic carbocycles. The van der Waals surface area contributed by atoms with E-state index in [0.29, 0.717) is 26.4 Å². The Balaban J connectivity index is 4.07. The van der Waals surface area contributed by atoms with Crippen molar-refractivity contribution in [3.05, 3.63) is 0 Å². The number of hydrogen-bond acceptors (Lipinski definition) is 3. The molecular weight excluding hydrogens is 302 g/mol. The molecule has 0 atom stereocenters. The summed E-state index contributed by atoms with van der Waals surface area (Å²) in [5.41, 5.74) is 0. The van der Waals surface area contributed by atoms with Crippen molar-refractivity contribution in [1.29, 1.82) is 0 Å². The molecule has 0 aliphatic rings. The minimum atomic E-state index is 0.658. The van der Waals surface area contributed by atoms with Gasteiger partial charge in [0.05, 0.1) is 59.2 Å². The van der Waals surface area contributed by atoms with Gasteiger partial charge in [-0.15, -0.1) is 0 Å². The third-order valence-electron chi connectivity index (χ3n) is 4.68. The molecule has 0 saturated carbocycles. The second-order valence-electron chi connectivity index (χ2n) is 6.87. The minimum absolute atomic E-state index is 0.658. The number of unbranched alkanes of at least 4 members (excludes halogenated alkanes) is 3. The molecule has 0 fully saturated rings. The molecule has 4 heteroatoms. The van der Waals surface area contributed by atoms with Crippen LogP contribution in [0, 0.1) is 0 Å². The molecule has 0 saturated heterocycles. The van der Waals surface area contributed by atoms with E-state index in [0.717, 1.165) is 13.0 Å². The van der Waals surface area contributed by atoms with Gasteiger partial charge in [-0.3, -0.25) is 0 Å². The largest absolute Gasteiger partial charge is 0.382 e. The summed E-state index contributed by atoms with van der Waals surface area (Å²) in [6.07, 6.45) is 9.11. The van der Waals surface area contributed by atoms with E-state index in [1.54, 1.807) is 7.11 Å². The van der Waals surface area contributed by atoms with Crippen molar-refractivity contribution in [3.8, 4) is 0 Å². The molecule has 0 N–H and O–H groups in total. The van der Waals surface area contributed by atoms with E-state index in [1.165, 1.54) is 69.2 Å². The van der Waals surface area contributed by atoms with Crippen LogP contribution in [0.5, 0.6) is 0 Å². The molecule has 0 radical (unpaired) electrons. The monoisotopic (exact) mass is 346 g/mol.